The molecule has 0 atom stereocenters. The molecule has 8 nitrogen and oxygen atoms in total. The third-order valence-electron chi connectivity index (χ3n) is 10.4. The van der Waals surface area contributed by atoms with Gasteiger partial charge in [0.05, 0.1) is 33.5 Å². The molecular formula is C48H36N2O6. The summed E-state index contributed by atoms with van der Waals surface area (Å²) in [4.78, 5) is 56.5. The maximum Gasteiger partial charge on any atom is 0.266 e. The Balaban J connectivity index is 0.939. The summed E-state index contributed by atoms with van der Waals surface area (Å²) in [5.74, 6) is 6.95. The van der Waals surface area contributed by atoms with E-state index in [0.29, 0.717) is 69.3 Å². The van der Waals surface area contributed by atoms with Gasteiger partial charge in [0.2, 0.25) is 0 Å². The zero-order valence-electron chi connectivity index (χ0n) is 31.0. The average Bonchev–Trinajstić information content (AvgIpc) is 3.62. The van der Waals surface area contributed by atoms with Crippen LogP contribution in [0.4, 0.5) is 5.69 Å². The number of fused-ring (bicyclic) bond motifs is 2. The molecule has 56 heavy (non-hydrogen) atoms. The Labute approximate surface area is 324 Å². The molecule has 8 rings (SSSR count). The van der Waals surface area contributed by atoms with Gasteiger partial charge in [-0.1, -0.05) is 73.7 Å². The first-order chi connectivity index (χ1) is 27.2. The molecule has 0 saturated heterocycles. The second-order valence-corrected chi connectivity index (χ2v) is 13.8. The molecule has 6 aromatic carbocycles. The number of hydrogen-bond acceptors (Lipinski definition) is 6. The van der Waals surface area contributed by atoms with Crippen molar-refractivity contribution in [2.45, 2.75) is 39.2 Å². The van der Waals surface area contributed by atoms with Crippen LogP contribution in [0, 0.1) is 18.8 Å². The van der Waals surface area contributed by atoms with Crippen LogP contribution in [-0.4, -0.2) is 28.5 Å². The molecular weight excluding hydrogens is 701 g/mol. The molecule has 4 amide bonds. The first-order valence-corrected chi connectivity index (χ1v) is 18.4. The molecule has 0 radical (unpaired) electrons. The maximum atomic E-state index is 13.6. The average molecular weight is 737 g/mol. The SMILES string of the molecule is CCC(CC)(c1ccc(Oc2cccc(Oc3ccc(N4C(=O)c5ccc(C#Cc6ccccc6)cc5C4=O)cc3)c2)cc1)N1C(=O)c2ccc(C)cc2C1=O. The van der Waals surface area contributed by atoms with E-state index in [2.05, 4.69) is 11.8 Å². The molecule has 0 unspecified atom stereocenters. The van der Waals surface area contributed by atoms with E-state index in [4.69, 9.17) is 9.47 Å². The van der Waals surface area contributed by atoms with Crippen LogP contribution in [0.3, 0.4) is 0 Å². The highest BCUT2D eigenvalue weighted by molar-refractivity contribution is 6.34. The van der Waals surface area contributed by atoms with Crippen LogP contribution in [0.2, 0.25) is 0 Å². The predicted molar refractivity (Wildman–Crippen MR) is 213 cm³/mol. The first-order valence-electron chi connectivity index (χ1n) is 18.4. The zero-order valence-corrected chi connectivity index (χ0v) is 31.0. The van der Waals surface area contributed by atoms with Crippen LogP contribution < -0.4 is 14.4 Å². The van der Waals surface area contributed by atoms with Gasteiger partial charge in [0, 0.05) is 17.2 Å². The van der Waals surface area contributed by atoms with Crippen molar-refractivity contribution in [3.8, 4) is 34.8 Å². The number of carbonyl (C=O) groups is 4. The van der Waals surface area contributed by atoms with Gasteiger partial charge >= 0.3 is 0 Å². The summed E-state index contributed by atoms with van der Waals surface area (Å²) in [5, 5.41) is 0. The Morgan fingerprint density at radius 2 is 1.05 bits per heavy atom. The molecule has 0 fully saturated rings. The van der Waals surface area contributed by atoms with Crippen LogP contribution in [0.15, 0.2) is 140 Å². The molecule has 2 aliphatic heterocycles. The minimum absolute atomic E-state index is 0.271. The Hall–Kier alpha value is -7.24. The summed E-state index contributed by atoms with van der Waals surface area (Å²) >= 11 is 0. The number of anilines is 1. The third kappa shape index (κ3) is 6.39. The topological polar surface area (TPSA) is 93.2 Å². The molecule has 0 saturated carbocycles. The Morgan fingerprint density at radius 3 is 1.71 bits per heavy atom. The largest absolute Gasteiger partial charge is 0.457 e. The quantitative estimate of drug-likeness (QED) is 0.108. The number of aryl methyl sites for hydroxylation is 1. The smallest absolute Gasteiger partial charge is 0.266 e. The summed E-state index contributed by atoms with van der Waals surface area (Å²) in [6.45, 7) is 5.89. The van der Waals surface area contributed by atoms with E-state index in [1.807, 2.05) is 93.6 Å². The van der Waals surface area contributed by atoms with E-state index in [9.17, 15) is 19.2 Å². The van der Waals surface area contributed by atoms with E-state index in [1.54, 1.807) is 66.7 Å². The summed E-state index contributed by atoms with van der Waals surface area (Å²) in [5.41, 5.74) is 4.42. The van der Waals surface area contributed by atoms with Gasteiger partial charge < -0.3 is 9.47 Å². The highest BCUT2D eigenvalue weighted by atomic mass is 16.5. The number of hydrogen-bond donors (Lipinski definition) is 0. The number of benzene rings is 6. The van der Waals surface area contributed by atoms with Gasteiger partial charge in [-0.05, 0) is 116 Å². The fourth-order valence-corrected chi connectivity index (χ4v) is 7.44. The Bertz CT molecular complexity index is 2600. The normalized spacial score (nSPS) is 13.3. The number of nitrogens with zero attached hydrogens (tertiary/aromatic N) is 2. The summed E-state index contributed by atoms with van der Waals surface area (Å²) in [6.07, 6.45) is 1.11. The molecule has 2 heterocycles. The van der Waals surface area contributed by atoms with Crippen molar-refractivity contribution in [3.63, 3.8) is 0 Å². The highest BCUT2D eigenvalue weighted by Gasteiger charge is 2.48. The van der Waals surface area contributed by atoms with Crippen LogP contribution in [-0.2, 0) is 5.54 Å². The van der Waals surface area contributed by atoms with E-state index >= 15 is 0 Å². The number of ether oxygens (including phenoxy) is 2. The number of amides is 4. The van der Waals surface area contributed by atoms with Crippen molar-refractivity contribution >= 4 is 29.3 Å². The van der Waals surface area contributed by atoms with Gasteiger partial charge in [0.15, 0.2) is 0 Å². The lowest BCUT2D eigenvalue weighted by Gasteiger charge is -2.40. The van der Waals surface area contributed by atoms with E-state index < -0.39 is 17.4 Å². The van der Waals surface area contributed by atoms with Crippen LogP contribution in [0.25, 0.3) is 0 Å². The molecule has 0 spiro atoms. The summed E-state index contributed by atoms with van der Waals surface area (Å²) in [7, 11) is 0. The lowest BCUT2D eigenvalue weighted by molar-refractivity contribution is 0.0386. The molecule has 0 aliphatic carbocycles. The van der Waals surface area contributed by atoms with Crippen molar-refractivity contribution in [3.05, 3.63) is 184 Å². The standard InChI is InChI=1S/C48H36N2O6/c1-4-48(5-2,50-46(53)41-26-14-31(3)28-42(41)47(50)54)34-18-22-36(23-19-34)55-38-12-9-13-39(30-38)56-37-24-20-35(21-25-37)49-44(51)40-27-17-33(29-43(40)45(49)52)16-15-32-10-7-6-8-11-32/h6-14,17-30H,4-5H2,1-3H3. The third-order valence-corrected chi connectivity index (χ3v) is 10.4. The molecule has 0 bridgehead atoms. The zero-order chi connectivity index (χ0) is 39.0. The van der Waals surface area contributed by atoms with Gasteiger partial charge in [-0.2, -0.15) is 0 Å². The molecule has 8 heteroatoms. The number of rotatable bonds is 9. The molecule has 2 aliphatic rings. The van der Waals surface area contributed by atoms with Gasteiger partial charge in [-0.3, -0.25) is 24.1 Å². The van der Waals surface area contributed by atoms with Gasteiger partial charge in [0.25, 0.3) is 23.6 Å². The van der Waals surface area contributed by atoms with Crippen LogP contribution in [0.5, 0.6) is 23.0 Å². The van der Waals surface area contributed by atoms with E-state index in [1.165, 1.54) is 4.90 Å². The van der Waals surface area contributed by atoms with Gasteiger partial charge in [-0.25, -0.2) is 4.90 Å². The number of imide groups is 2. The van der Waals surface area contributed by atoms with Crippen molar-refractivity contribution < 1.29 is 28.7 Å². The highest BCUT2D eigenvalue weighted by Crippen LogP contribution is 2.42. The minimum atomic E-state index is -0.816. The fraction of sp³-hybridized carbons (Fsp3) is 0.125. The second-order valence-electron chi connectivity index (χ2n) is 13.8. The Kier molecular flexibility index (Phi) is 9.29. The Morgan fingerprint density at radius 1 is 0.500 bits per heavy atom. The van der Waals surface area contributed by atoms with Crippen molar-refractivity contribution in [1.29, 1.82) is 0 Å². The molecule has 6 aromatic rings. The molecule has 274 valence electrons. The lowest BCUT2D eigenvalue weighted by Crippen LogP contribution is -2.48. The van der Waals surface area contributed by atoms with E-state index in [0.717, 1.165) is 21.6 Å². The number of carbonyl (C=O) groups excluding carboxylic acids is 4. The maximum absolute atomic E-state index is 13.6. The van der Waals surface area contributed by atoms with Crippen LogP contribution in [0.1, 0.15) is 90.4 Å². The van der Waals surface area contributed by atoms with Gasteiger partial charge in [0.1, 0.15) is 23.0 Å². The van der Waals surface area contributed by atoms with Crippen LogP contribution >= 0.6 is 0 Å². The first kappa shape index (κ1) is 35.8. The monoisotopic (exact) mass is 736 g/mol. The predicted octanol–water partition coefficient (Wildman–Crippen LogP) is 10.1. The van der Waals surface area contributed by atoms with Crippen molar-refractivity contribution in [1.82, 2.24) is 4.90 Å². The van der Waals surface area contributed by atoms with Gasteiger partial charge in [-0.15, -0.1) is 0 Å². The molecule has 0 aromatic heterocycles. The lowest BCUT2D eigenvalue weighted by atomic mass is 9.82. The summed E-state index contributed by atoms with van der Waals surface area (Å²) < 4.78 is 12.3. The molecule has 0 N–H and O–H groups in total. The second kappa shape index (κ2) is 14.5. The fourth-order valence-electron chi connectivity index (χ4n) is 7.44. The van der Waals surface area contributed by atoms with Crippen molar-refractivity contribution in [2.24, 2.45) is 0 Å². The summed E-state index contributed by atoms with van der Waals surface area (Å²) in [6, 6.07) is 41.4. The minimum Gasteiger partial charge on any atom is -0.457 e. The van der Waals surface area contributed by atoms with E-state index in [-0.39, 0.29) is 11.8 Å². The van der Waals surface area contributed by atoms with Crippen molar-refractivity contribution in [2.75, 3.05) is 4.90 Å².